The number of esters is 8. The minimum Gasteiger partial charge on any atom is -0.456 e. The van der Waals surface area contributed by atoms with Crippen LogP contribution in [0.15, 0.2) is 0 Å². The first-order chi connectivity index (χ1) is 24.4. The van der Waals surface area contributed by atoms with Crippen LogP contribution in [0.5, 0.6) is 0 Å². The number of carbonyl (C=O) groups is 8. The molecule has 0 aromatic rings. The molecule has 0 bridgehead atoms. The van der Waals surface area contributed by atoms with Gasteiger partial charge in [0.05, 0.1) is 19.8 Å². The summed E-state index contributed by atoms with van der Waals surface area (Å²) in [5.41, 5.74) is 0. The van der Waals surface area contributed by atoms with Crippen LogP contribution in [0.1, 0.15) is 55.4 Å². The number of hydrogen-bond acceptors (Lipinski definition) is 21. The van der Waals surface area contributed by atoms with E-state index < -0.39 is 141 Å². The Bertz CT molecular complexity index is 1250. The van der Waals surface area contributed by atoms with E-state index in [4.69, 9.17) is 61.6 Å². The molecule has 3 fully saturated rings. The summed E-state index contributed by atoms with van der Waals surface area (Å²) in [5.74, 6) is -6.69. The Labute approximate surface area is 296 Å². The van der Waals surface area contributed by atoms with Gasteiger partial charge in [-0.1, -0.05) is 0 Å². The third kappa shape index (κ3) is 12.1. The van der Waals surface area contributed by atoms with E-state index in [2.05, 4.69) is 0 Å². The van der Waals surface area contributed by atoms with Crippen molar-refractivity contribution in [2.45, 2.75) is 129 Å². The fraction of sp³-hybridized carbons (Fsp3) is 0.742. The maximum Gasteiger partial charge on any atom is 0.305 e. The van der Waals surface area contributed by atoms with Crippen LogP contribution >= 0.6 is 0 Å². The molecular formula is C31H42O21. The molecule has 292 valence electrons. The van der Waals surface area contributed by atoms with Crippen LogP contribution in [0.2, 0.25) is 0 Å². The molecule has 0 spiro atoms. The summed E-state index contributed by atoms with van der Waals surface area (Å²) in [6.45, 7) is 7.18. The molecule has 12 atom stereocenters. The Kier molecular flexibility index (Phi) is 15.2. The van der Waals surface area contributed by atoms with Crippen molar-refractivity contribution in [2.24, 2.45) is 0 Å². The largest absolute Gasteiger partial charge is 0.456 e. The maximum absolute atomic E-state index is 12.4. The molecule has 12 unspecified atom stereocenters. The number of carbonyl (C=O) groups excluding carboxylic acids is 8. The van der Waals surface area contributed by atoms with Crippen LogP contribution in [0.4, 0.5) is 0 Å². The maximum atomic E-state index is 12.4. The molecular weight excluding hydrogens is 708 g/mol. The van der Waals surface area contributed by atoms with Crippen LogP contribution in [-0.2, 0) is 99.9 Å². The lowest BCUT2D eigenvalue weighted by Crippen LogP contribution is -2.64. The molecule has 3 aliphatic heterocycles. The summed E-state index contributed by atoms with van der Waals surface area (Å²) >= 11 is 0. The molecule has 0 amide bonds. The van der Waals surface area contributed by atoms with Gasteiger partial charge in [-0.25, -0.2) is 0 Å². The summed E-state index contributed by atoms with van der Waals surface area (Å²) in [4.78, 5) is 96.5. The minimum absolute atomic E-state index is 0.401. The van der Waals surface area contributed by atoms with E-state index in [0.29, 0.717) is 0 Å². The van der Waals surface area contributed by atoms with Gasteiger partial charge in [0.1, 0.15) is 12.2 Å². The summed E-state index contributed by atoms with van der Waals surface area (Å²) in [7, 11) is 0. The summed E-state index contributed by atoms with van der Waals surface area (Å²) in [5, 5.41) is 0. The fourth-order valence-electron chi connectivity index (χ4n) is 5.57. The van der Waals surface area contributed by atoms with Gasteiger partial charge in [-0.3, -0.25) is 38.4 Å². The standard InChI is InChI=1S/C31H42O21/c1-12(32)43-20-9-41-30(27(48-17(6)37)23(20)44-13(2)33)52-22-11-42-31(28(49-18(7)38)25(22)46-15(4)35)51-21-10-40-29(50-19(8)39)26(47-16(5)36)24(21)45-14(3)34/h20-31H,9-11H2,1-8H3. The van der Waals surface area contributed by atoms with Gasteiger partial charge in [-0.2, -0.15) is 0 Å². The van der Waals surface area contributed by atoms with Gasteiger partial charge in [-0.05, 0) is 0 Å². The van der Waals surface area contributed by atoms with E-state index >= 15 is 0 Å². The number of hydrogen-bond donors (Lipinski definition) is 0. The fourth-order valence-corrected chi connectivity index (χ4v) is 5.57. The first-order valence-corrected chi connectivity index (χ1v) is 15.9. The second-order valence-corrected chi connectivity index (χ2v) is 11.7. The second kappa shape index (κ2) is 18.9. The van der Waals surface area contributed by atoms with Crippen LogP contribution in [-0.4, -0.2) is 141 Å². The third-order valence-electron chi connectivity index (χ3n) is 7.18. The lowest BCUT2D eigenvalue weighted by Gasteiger charge is -2.46. The Hall–Kier alpha value is -4.44. The van der Waals surface area contributed by atoms with Gasteiger partial charge in [-0.15, -0.1) is 0 Å². The lowest BCUT2D eigenvalue weighted by atomic mass is 10.0. The summed E-state index contributed by atoms with van der Waals surface area (Å²) in [6, 6.07) is 0. The molecule has 3 saturated heterocycles. The van der Waals surface area contributed by atoms with Gasteiger partial charge in [0.2, 0.25) is 12.4 Å². The first kappa shape index (κ1) is 42.0. The van der Waals surface area contributed by atoms with Crippen LogP contribution in [0.25, 0.3) is 0 Å². The molecule has 0 aliphatic carbocycles. The highest BCUT2D eigenvalue weighted by atomic mass is 16.8. The third-order valence-corrected chi connectivity index (χ3v) is 7.18. The molecule has 21 nitrogen and oxygen atoms in total. The average Bonchev–Trinajstić information content (AvgIpc) is 2.99. The van der Waals surface area contributed by atoms with E-state index in [1.807, 2.05) is 0 Å². The highest BCUT2D eigenvalue weighted by Gasteiger charge is 2.55. The quantitative estimate of drug-likeness (QED) is 0.170. The van der Waals surface area contributed by atoms with Crippen molar-refractivity contribution in [3.63, 3.8) is 0 Å². The normalized spacial score (nSPS) is 32.9. The zero-order valence-corrected chi connectivity index (χ0v) is 29.6. The van der Waals surface area contributed by atoms with Crippen molar-refractivity contribution < 1.29 is 99.9 Å². The van der Waals surface area contributed by atoms with Gasteiger partial charge < -0.3 is 61.6 Å². The minimum atomic E-state index is -1.62. The van der Waals surface area contributed by atoms with Crippen LogP contribution in [0, 0.1) is 0 Å². The number of ether oxygens (including phenoxy) is 13. The predicted molar refractivity (Wildman–Crippen MR) is 160 cm³/mol. The van der Waals surface area contributed by atoms with Crippen molar-refractivity contribution in [2.75, 3.05) is 19.8 Å². The zero-order chi connectivity index (χ0) is 38.9. The monoisotopic (exact) mass is 750 g/mol. The molecule has 0 aromatic carbocycles. The van der Waals surface area contributed by atoms with E-state index in [9.17, 15) is 38.4 Å². The highest BCUT2D eigenvalue weighted by Crippen LogP contribution is 2.33. The van der Waals surface area contributed by atoms with Crippen molar-refractivity contribution in [1.29, 1.82) is 0 Å². The first-order valence-electron chi connectivity index (χ1n) is 15.9. The molecule has 21 heteroatoms. The molecule has 0 saturated carbocycles. The molecule has 3 rings (SSSR count). The average molecular weight is 751 g/mol. The second-order valence-electron chi connectivity index (χ2n) is 11.7. The van der Waals surface area contributed by atoms with Crippen molar-refractivity contribution in [3.8, 4) is 0 Å². The Morgan fingerprint density at radius 2 is 0.577 bits per heavy atom. The SMILES string of the molecule is CC(=O)OC1COC(OC2COC(OC3COC(OC(C)=O)C(OC(C)=O)C3OC(C)=O)C(OC(C)=O)C2OC(C)=O)C(OC(C)=O)C1OC(C)=O. The number of rotatable bonds is 12. The molecule has 0 N–H and O–H groups in total. The van der Waals surface area contributed by atoms with E-state index in [1.54, 1.807) is 0 Å². The molecule has 3 heterocycles. The van der Waals surface area contributed by atoms with Crippen molar-refractivity contribution in [1.82, 2.24) is 0 Å². The molecule has 0 radical (unpaired) electrons. The highest BCUT2D eigenvalue weighted by molar-refractivity contribution is 5.70. The summed E-state index contributed by atoms with van der Waals surface area (Å²) < 4.78 is 72.1. The zero-order valence-electron chi connectivity index (χ0n) is 29.6. The Balaban J connectivity index is 1.96. The predicted octanol–water partition coefficient (Wildman–Crippen LogP) is -1.09. The van der Waals surface area contributed by atoms with Gasteiger partial charge >= 0.3 is 47.8 Å². The topological polar surface area (TPSA) is 257 Å². The molecule has 52 heavy (non-hydrogen) atoms. The smallest absolute Gasteiger partial charge is 0.305 e. The Morgan fingerprint density at radius 3 is 0.904 bits per heavy atom. The van der Waals surface area contributed by atoms with E-state index in [-0.39, 0.29) is 0 Å². The van der Waals surface area contributed by atoms with E-state index in [1.165, 1.54) is 0 Å². The van der Waals surface area contributed by atoms with Crippen LogP contribution < -0.4 is 0 Å². The Morgan fingerprint density at radius 1 is 0.327 bits per heavy atom. The summed E-state index contributed by atoms with van der Waals surface area (Å²) in [6.07, 6.45) is -17.7. The molecule has 0 aromatic heterocycles. The van der Waals surface area contributed by atoms with Gasteiger partial charge in [0, 0.05) is 55.4 Å². The van der Waals surface area contributed by atoms with Crippen molar-refractivity contribution in [3.05, 3.63) is 0 Å². The van der Waals surface area contributed by atoms with Gasteiger partial charge in [0.25, 0.3) is 0 Å². The molecule has 3 aliphatic rings. The lowest BCUT2D eigenvalue weighted by molar-refractivity contribution is -0.349. The van der Waals surface area contributed by atoms with Crippen molar-refractivity contribution >= 4 is 47.8 Å². The van der Waals surface area contributed by atoms with Crippen LogP contribution in [0.3, 0.4) is 0 Å². The van der Waals surface area contributed by atoms with Gasteiger partial charge in [0.15, 0.2) is 49.2 Å². The van der Waals surface area contributed by atoms with E-state index in [0.717, 1.165) is 55.4 Å².